The maximum absolute atomic E-state index is 12.0. The Labute approximate surface area is 184 Å². The average molecular weight is 446 g/mol. The summed E-state index contributed by atoms with van der Waals surface area (Å²) in [6.07, 6.45) is 2.98. The van der Waals surface area contributed by atoms with Gasteiger partial charge in [-0.1, -0.05) is 35.5 Å². The summed E-state index contributed by atoms with van der Waals surface area (Å²) in [4.78, 5) is 36.8. The molecule has 11 nitrogen and oxygen atoms in total. The van der Waals surface area contributed by atoms with Crippen molar-refractivity contribution < 1.29 is 33.9 Å². The van der Waals surface area contributed by atoms with Gasteiger partial charge in [-0.15, -0.1) is 0 Å². The molecule has 2 fully saturated rings. The first-order valence-corrected chi connectivity index (χ1v) is 10.3. The number of ether oxygens (including phenoxy) is 1. The second-order valence-electron chi connectivity index (χ2n) is 7.65. The molecular weight excluding hydrogens is 420 g/mol. The molecule has 2 aliphatic rings. The van der Waals surface area contributed by atoms with Gasteiger partial charge in [-0.05, 0) is 18.4 Å². The van der Waals surface area contributed by atoms with Crippen molar-refractivity contribution in [1.82, 2.24) is 20.4 Å². The lowest BCUT2D eigenvalue weighted by Crippen LogP contribution is -2.50. The van der Waals surface area contributed by atoms with Crippen molar-refractivity contribution in [3.63, 3.8) is 0 Å². The van der Waals surface area contributed by atoms with Crippen LogP contribution in [0, 0.1) is 0 Å². The minimum atomic E-state index is -1.82. The SMILES string of the molecule is O=C(CN1CC(c2nc(Cc3ccccc3)no2)C1)NCC1CCCO1.O=C(O)C(=O)O. The number of carbonyl (C=O) groups excluding carboxylic acids is 1. The number of amides is 1. The molecule has 3 N–H and O–H groups in total. The largest absolute Gasteiger partial charge is 0.473 e. The molecule has 1 amide bonds. The summed E-state index contributed by atoms with van der Waals surface area (Å²) in [6, 6.07) is 10.1. The van der Waals surface area contributed by atoms with Crippen LogP contribution in [0.2, 0.25) is 0 Å². The highest BCUT2D eigenvalue weighted by Crippen LogP contribution is 2.25. The third-order valence-electron chi connectivity index (χ3n) is 5.10. The summed E-state index contributed by atoms with van der Waals surface area (Å²) in [5, 5.41) is 21.8. The molecule has 172 valence electrons. The molecule has 0 spiro atoms. The van der Waals surface area contributed by atoms with Crippen LogP contribution in [-0.2, 0) is 25.5 Å². The fourth-order valence-electron chi connectivity index (χ4n) is 3.43. The van der Waals surface area contributed by atoms with Crippen molar-refractivity contribution in [3.05, 3.63) is 47.6 Å². The quantitative estimate of drug-likeness (QED) is 0.512. The lowest BCUT2D eigenvalue weighted by atomic mass is 10.0. The van der Waals surface area contributed by atoms with Crippen molar-refractivity contribution in [3.8, 4) is 0 Å². The summed E-state index contributed by atoms with van der Waals surface area (Å²) in [6.45, 7) is 3.39. The van der Waals surface area contributed by atoms with Gasteiger partial charge in [0.2, 0.25) is 11.8 Å². The molecule has 1 atom stereocenters. The molecule has 11 heteroatoms. The molecule has 1 unspecified atom stereocenters. The van der Waals surface area contributed by atoms with E-state index >= 15 is 0 Å². The van der Waals surface area contributed by atoms with E-state index in [1.807, 2.05) is 18.2 Å². The average Bonchev–Trinajstić information content (AvgIpc) is 3.42. The number of carboxylic acid groups (broad SMARTS) is 2. The number of likely N-dealkylation sites (tertiary alicyclic amines) is 1. The van der Waals surface area contributed by atoms with Gasteiger partial charge in [0.05, 0.1) is 18.6 Å². The van der Waals surface area contributed by atoms with Crippen molar-refractivity contribution >= 4 is 17.8 Å². The highest BCUT2D eigenvalue weighted by Gasteiger charge is 2.33. The van der Waals surface area contributed by atoms with E-state index in [0.717, 1.165) is 38.1 Å². The lowest BCUT2D eigenvalue weighted by molar-refractivity contribution is -0.159. The first-order valence-electron chi connectivity index (χ1n) is 10.3. The molecule has 3 heterocycles. The minimum absolute atomic E-state index is 0.0502. The molecule has 1 aromatic carbocycles. The van der Waals surface area contributed by atoms with Gasteiger partial charge in [-0.3, -0.25) is 9.69 Å². The Morgan fingerprint density at radius 3 is 2.47 bits per heavy atom. The van der Waals surface area contributed by atoms with Gasteiger partial charge >= 0.3 is 11.9 Å². The van der Waals surface area contributed by atoms with Crippen LogP contribution >= 0.6 is 0 Å². The molecule has 32 heavy (non-hydrogen) atoms. The summed E-state index contributed by atoms with van der Waals surface area (Å²) < 4.78 is 10.9. The van der Waals surface area contributed by atoms with E-state index in [4.69, 9.17) is 29.1 Å². The van der Waals surface area contributed by atoms with Crippen molar-refractivity contribution in [1.29, 1.82) is 0 Å². The number of nitrogens with one attached hydrogen (secondary N) is 1. The van der Waals surface area contributed by atoms with Crippen molar-refractivity contribution in [2.75, 3.05) is 32.8 Å². The molecule has 0 aliphatic carbocycles. The molecule has 0 saturated carbocycles. The van der Waals surface area contributed by atoms with Crippen LogP contribution in [-0.4, -0.2) is 82.0 Å². The van der Waals surface area contributed by atoms with Crippen LogP contribution in [0.25, 0.3) is 0 Å². The number of hydrogen-bond donors (Lipinski definition) is 3. The molecule has 2 saturated heterocycles. The molecule has 1 aromatic heterocycles. The summed E-state index contributed by atoms with van der Waals surface area (Å²) in [5.74, 6) is -2.00. The predicted molar refractivity (Wildman–Crippen MR) is 110 cm³/mol. The number of aliphatic carboxylic acids is 2. The highest BCUT2D eigenvalue weighted by molar-refractivity contribution is 6.27. The number of carboxylic acids is 2. The third kappa shape index (κ3) is 7.13. The van der Waals surface area contributed by atoms with Gasteiger partial charge in [0.1, 0.15) is 0 Å². The Balaban J connectivity index is 0.000000427. The van der Waals surface area contributed by atoms with Gasteiger partial charge in [0.15, 0.2) is 5.82 Å². The normalized spacial score (nSPS) is 18.3. The smallest absolute Gasteiger partial charge is 0.414 e. The number of hydrogen-bond acceptors (Lipinski definition) is 8. The van der Waals surface area contributed by atoms with E-state index in [1.165, 1.54) is 0 Å². The summed E-state index contributed by atoms with van der Waals surface area (Å²) >= 11 is 0. The molecule has 4 rings (SSSR count). The maximum Gasteiger partial charge on any atom is 0.414 e. The van der Waals surface area contributed by atoms with Crippen molar-refractivity contribution in [2.45, 2.75) is 31.3 Å². The zero-order chi connectivity index (χ0) is 22.9. The van der Waals surface area contributed by atoms with E-state index in [1.54, 1.807) is 0 Å². The monoisotopic (exact) mass is 446 g/mol. The summed E-state index contributed by atoms with van der Waals surface area (Å²) in [5.41, 5.74) is 1.16. The Morgan fingerprint density at radius 2 is 1.84 bits per heavy atom. The van der Waals surface area contributed by atoms with E-state index in [-0.39, 0.29) is 17.9 Å². The second kappa shape index (κ2) is 11.3. The van der Waals surface area contributed by atoms with Gasteiger partial charge in [0.25, 0.3) is 0 Å². The number of carbonyl (C=O) groups is 3. The zero-order valence-corrected chi connectivity index (χ0v) is 17.5. The molecule has 2 aliphatic heterocycles. The predicted octanol–water partition coefficient (Wildman–Crippen LogP) is 0.510. The first-order chi connectivity index (χ1) is 15.4. The van der Waals surface area contributed by atoms with E-state index < -0.39 is 11.9 Å². The van der Waals surface area contributed by atoms with Crippen LogP contribution in [0.3, 0.4) is 0 Å². The maximum atomic E-state index is 12.0. The standard InChI is InChI=1S/C19H24N4O3.C2H2O4/c24-18(20-10-16-7-4-8-25-16)13-23-11-15(12-23)19-21-17(22-26-19)9-14-5-2-1-3-6-14;3-1(4)2(5)6/h1-3,5-6,15-16H,4,7-13H2,(H,20,24);(H,3,4)(H,5,6). The Kier molecular flexibility index (Phi) is 8.28. The fourth-order valence-corrected chi connectivity index (χ4v) is 3.43. The number of aromatic nitrogens is 2. The molecular formula is C21H26N4O7. The zero-order valence-electron chi connectivity index (χ0n) is 17.5. The first kappa shape index (κ1) is 23.4. The Morgan fingerprint density at radius 1 is 1.12 bits per heavy atom. The van der Waals surface area contributed by atoms with Crippen molar-refractivity contribution in [2.24, 2.45) is 0 Å². The molecule has 0 radical (unpaired) electrons. The summed E-state index contributed by atoms with van der Waals surface area (Å²) in [7, 11) is 0. The van der Waals surface area contributed by atoms with Crippen LogP contribution in [0.15, 0.2) is 34.9 Å². The van der Waals surface area contributed by atoms with Gasteiger partial charge in [-0.25, -0.2) is 9.59 Å². The minimum Gasteiger partial charge on any atom is -0.473 e. The number of nitrogens with zero attached hydrogens (tertiary/aromatic N) is 3. The lowest BCUT2D eigenvalue weighted by Gasteiger charge is -2.36. The highest BCUT2D eigenvalue weighted by atomic mass is 16.5. The Bertz CT molecular complexity index is 894. The Hall–Kier alpha value is -3.31. The van der Waals surface area contributed by atoms with Crippen LogP contribution < -0.4 is 5.32 Å². The van der Waals surface area contributed by atoms with Gasteiger partial charge < -0.3 is 24.8 Å². The van der Waals surface area contributed by atoms with Crippen LogP contribution in [0.1, 0.15) is 36.0 Å². The van der Waals surface area contributed by atoms with E-state index in [9.17, 15) is 4.79 Å². The number of rotatable bonds is 7. The van der Waals surface area contributed by atoms with Gasteiger partial charge in [-0.2, -0.15) is 4.98 Å². The molecule has 2 aromatic rings. The second-order valence-corrected chi connectivity index (χ2v) is 7.65. The van der Waals surface area contributed by atoms with E-state index in [0.29, 0.717) is 31.2 Å². The van der Waals surface area contributed by atoms with Crippen LogP contribution in [0.4, 0.5) is 0 Å². The fraction of sp³-hybridized carbons (Fsp3) is 0.476. The number of benzene rings is 1. The van der Waals surface area contributed by atoms with Gasteiger partial charge in [0, 0.05) is 32.7 Å². The topological polar surface area (TPSA) is 155 Å². The molecule has 0 bridgehead atoms. The third-order valence-corrected chi connectivity index (χ3v) is 5.10. The van der Waals surface area contributed by atoms with E-state index in [2.05, 4.69) is 32.5 Å². The van der Waals surface area contributed by atoms with Crippen LogP contribution in [0.5, 0.6) is 0 Å².